The summed E-state index contributed by atoms with van der Waals surface area (Å²) in [6, 6.07) is 7.33. The highest BCUT2D eigenvalue weighted by atomic mass is 16.5. The molecule has 230 valence electrons. The van der Waals surface area contributed by atoms with Gasteiger partial charge in [0.15, 0.2) is 0 Å². The van der Waals surface area contributed by atoms with Crippen LogP contribution in [0.2, 0.25) is 0 Å². The highest BCUT2D eigenvalue weighted by Gasteiger charge is 2.43. The smallest absolute Gasteiger partial charge is 0.246 e. The third-order valence-corrected chi connectivity index (χ3v) is 8.63. The number of carbonyl (C=O) groups excluding carboxylic acids is 4. The second-order valence-corrected chi connectivity index (χ2v) is 12.5. The average Bonchev–Trinajstić information content (AvgIpc) is 3.68. The van der Waals surface area contributed by atoms with E-state index in [1.165, 1.54) is 4.90 Å². The molecule has 3 aromatic rings. The van der Waals surface area contributed by atoms with E-state index in [4.69, 9.17) is 4.52 Å². The molecule has 2 saturated heterocycles. The number of nitrogens with zero attached hydrogens (tertiary/aromatic N) is 2. The maximum atomic E-state index is 14.3. The summed E-state index contributed by atoms with van der Waals surface area (Å²) in [7, 11) is 0. The Balaban J connectivity index is 1.42. The molecular formula is C32H42N6O5. The molecule has 4 heterocycles. The summed E-state index contributed by atoms with van der Waals surface area (Å²) >= 11 is 0. The molecular weight excluding hydrogens is 548 g/mol. The van der Waals surface area contributed by atoms with Crippen molar-refractivity contribution in [3.63, 3.8) is 0 Å². The molecule has 4 N–H and O–H groups in total. The molecule has 1 aromatic carbocycles. The molecule has 43 heavy (non-hydrogen) atoms. The number of H-pyrrole nitrogens is 1. The fourth-order valence-electron chi connectivity index (χ4n) is 6.28. The monoisotopic (exact) mass is 590 g/mol. The van der Waals surface area contributed by atoms with Gasteiger partial charge in [-0.15, -0.1) is 0 Å². The van der Waals surface area contributed by atoms with E-state index in [0.29, 0.717) is 17.9 Å². The van der Waals surface area contributed by atoms with Crippen molar-refractivity contribution in [2.24, 2.45) is 11.8 Å². The lowest BCUT2D eigenvalue weighted by molar-refractivity contribution is -0.141. The van der Waals surface area contributed by atoms with Crippen LogP contribution in [-0.4, -0.2) is 69.4 Å². The van der Waals surface area contributed by atoms with Gasteiger partial charge in [-0.1, -0.05) is 44.1 Å². The largest absolute Gasteiger partial charge is 0.361 e. The standard InChI is InChI=1S/C32H42N6O5/c1-18(2)25-10-9-19(3)11-29(39)35-27(13-21-16-33-26-8-6-5-7-24(21)26)32(42)38-17-22(14-28(38)31(41)36-25)34-30(40)15-23-12-20(4)37-43-23/h5-8,12,16,18-19,22,25,27-28,33H,9-11,13-15,17H2,1-4H3,(H,34,40)(H,35,39)(H,36,41)/t19-,22-,25+,27-,28+/m1/s1. The number of para-hydroxylation sites is 1. The molecule has 11 nitrogen and oxygen atoms in total. The van der Waals surface area contributed by atoms with Crippen molar-refractivity contribution in [2.45, 2.75) is 90.4 Å². The Hall–Kier alpha value is -4.15. The summed E-state index contributed by atoms with van der Waals surface area (Å²) in [6.45, 7) is 8.08. The number of nitrogens with one attached hydrogen (secondary N) is 4. The normalized spacial score (nSPS) is 25.5. The summed E-state index contributed by atoms with van der Waals surface area (Å²) in [5.74, 6) is -0.324. The van der Waals surface area contributed by atoms with E-state index in [0.717, 1.165) is 29.3 Å². The van der Waals surface area contributed by atoms with Gasteiger partial charge >= 0.3 is 0 Å². The first kappa shape index (κ1) is 30.3. The van der Waals surface area contributed by atoms with Crippen molar-refractivity contribution in [3.05, 3.63) is 53.5 Å². The predicted molar refractivity (Wildman–Crippen MR) is 161 cm³/mol. The van der Waals surface area contributed by atoms with Crippen molar-refractivity contribution < 1.29 is 23.7 Å². The number of aromatic amines is 1. The molecule has 2 aliphatic rings. The third-order valence-electron chi connectivity index (χ3n) is 8.63. The van der Waals surface area contributed by atoms with Crippen LogP contribution < -0.4 is 16.0 Å². The lowest BCUT2D eigenvalue weighted by atomic mass is 9.92. The Kier molecular flexibility index (Phi) is 9.17. The van der Waals surface area contributed by atoms with Crippen LogP contribution in [0.5, 0.6) is 0 Å². The molecule has 2 fully saturated rings. The Bertz CT molecular complexity index is 1480. The maximum Gasteiger partial charge on any atom is 0.246 e. The quantitative estimate of drug-likeness (QED) is 0.347. The van der Waals surface area contributed by atoms with Gasteiger partial charge in [0.05, 0.1) is 12.1 Å². The van der Waals surface area contributed by atoms with Gasteiger partial charge in [0, 0.05) is 54.6 Å². The van der Waals surface area contributed by atoms with Crippen LogP contribution in [0.25, 0.3) is 10.9 Å². The first-order valence-corrected chi connectivity index (χ1v) is 15.2. The van der Waals surface area contributed by atoms with Crippen LogP contribution in [0.4, 0.5) is 0 Å². The van der Waals surface area contributed by atoms with Gasteiger partial charge in [-0.3, -0.25) is 19.2 Å². The highest BCUT2D eigenvalue weighted by Crippen LogP contribution is 2.25. The topological polar surface area (TPSA) is 149 Å². The Morgan fingerprint density at radius 1 is 1.16 bits per heavy atom. The summed E-state index contributed by atoms with van der Waals surface area (Å²) < 4.78 is 5.19. The van der Waals surface area contributed by atoms with Gasteiger partial charge < -0.3 is 30.4 Å². The molecule has 0 radical (unpaired) electrons. The summed E-state index contributed by atoms with van der Waals surface area (Å²) in [5.41, 5.74) is 2.53. The van der Waals surface area contributed by atoms with Gasteiger partial charge in [0.2, 0.25) is 23.6 Å². The van der Waals surface area contributed by atoms with Crippen LogP contribution in [0.3, 0.4) is 0 Å². The molecule has 11 heteroatoms. The van der Waals surface area contributed by atoms with E-state index in [-0.39, 0.29) is 67.3 Å². The number of hydrogen-bond donors (Lipinski definition) is 4. The number of fused-ring (bicyclic) bond motifs is 2. The average molecular weight is 591 g/mol. The second kappa shape index (κ2) is 13.0. The minimum atomic E-state index is -0.873. The van der Waals surface area contributed by atoms with E-state index in [9.17, 15) is 19.2 Å². The number of hydrogen-bond acceptors (Lipinski definition) is 6. The summed E-state index contributed by atoms with van der Waals surface area (Å²) in [6.07, 6.45) is 4.20. The van der Waals surface area contributed by atoms with Crippen molar-refractivity contribution in [1.29, 1.82) is 0 Å². The molecule has 2 aliphatic heterocycles. The van der Waals surface area contributed by atoms with E-state index in [1.54, 1.807) is 13.0 Å². The molecule has 0 unspecified atom stereocenters. The number of benzene rings is 1. The van der Waals surface area contributed by atoms with Crippen LogP contribution >= 0.6 is 0 Å². The van der Waals surface area contributed by atoms with Gasteiger partial charge in [0.25, 0.3) is 0 Å². The van der Waals surface area contributed by atoms with E-state index >= 15 is 0 Å². The molecule has 0 bridgehead atoms. The molecule has 5 rings (SSSR count). The first-order chi connectivity index (χ1) is 20.6. The van der Waals surface area contributed by atoms with Crippen molar-refractivity contribution >= 4 is 34.5 Å². The lowest BCUT2D eigenvalue weighted by Crippen LogP contribution is -2.55. The number of aromatic nitrogens is 2. The molecule has 5 atom stereocenters. The van der Waals surface area contributed by atoms with Gasteiger partial charge in [-0.2, -0.15) is 0 Å². The van der Waals surface area contributed by atoms with Gasteiger partial charge in [0.1, 0.15) is 17.8 Å². The number of amides is 4. The van der Waals surface area contributed by atoms with Crippen LogP contribution in [0.1, 0.15) is 63.5 Å². The zero-order valence-electron chi connectivity index (χ0n) is 25.3. The fraction of sp³-hybridized carbons (Fsp3) is 0.531. The van der Waals surface area contributed by atoms with Crippen LogP contribution in [0.15, 0.2) is 41.1 Å². The number of carbonyl (C=O) groups is 4. The van der Waals surface area contributed by atoms with Gasteiger partial charge in [-0.05, 0) is 49.7 Å². The molecule has 4 amide bonds. The van der Waals surface area contributed by atoms with E-state index < -0.39 is 18.1 Å². The number of rotatable bonds is 6. The minimum Gasteiger partial charge on any atom is -0.361 e. The Morgan fingerprint density at radius 2 is 1.95 bits per heavy atom. The zero-order chi connectivity index (χ0) is 30.7. The second-order valence-electron chi connectivity index (χ2n) is 12.5. The first-order valence-electron chi connectivity index (χ1n) is 15.2. The minimum absolute atomic E-state index is 0.00893. The predicted octanol–water partition coefficient (Wildman–Crippen LogP) is 2.78. The van der Waals surface area contributed by atoms with Crippen molar-refractivity contribution in [3.8, 4) is 0 Å². The lowest BCUT2D eigenvalue weighted by Gasteiger charge is -2.30. The third kappa shape index (κ3) is 7.26. The van der Waals surface area contributed by atoms with Gasteiger partial charge in [-0.25, -0.2) is 0 Å². The maximum absolute atomic E-state index is 14.3. The van der Waals surface area contributed by atoms with Crippen molar-refractivity contribution in [1.82, 2.24) is 31.0 Å². The highest BCUT2D eigenvalue weighted by molar-refractivity contribution is 5.94. The summed E-state index contributed by atoms with van der Waals surface area (Å²) in [4.78, 5) is 59.0. The van der Waals surface area contributed by atoms with Crippen LogP contribution in [0, 0.1) is 18.8 Å². The summed E-state index contributed by atoms with van der Waals surface area (Å²) in [5, 5.41) is 14.0. The molecule has 2 aromatic heterocycles. The zero-order valence-corrected chi connectivity index (χ0v) is 25.3. The van der Waals surface area contributed by atoms with E-state index in [1.807, 2.05) is 37.4 Å². The Morgan fingerprint density at radius 3 is 2.70 bits per heavy atom. The molecule has 0 aliphatic carbocycles. The van der Waals surface area contributed by atoms with Crippen molar-refractivity contribution in [2.75, 3.05) is 6.54 Å². The Labute approximate surface area is 251 Å². The van der Waals surface area contributed by atoms with E-state index in [2.05, 4.69) is 39.9 Å². The molecule has 0 spiro atoms. The van der Waals surface area contributed by atoms with Crippen LogP contribution in [-0.2, 0) is 32.0 Å². The fourth-order valence-corrected chi connectivity index (χ4v) is 6.28. The number of aryl methyl sites for hydroxylation is 1. The SMILES string of the molecule is Cc1cc(CC(=O)N[C@@H]2C[C@H]3C(=O)N[C@H](C(C)C)CC[C@@H](C)CC(=O)N[C@H](Cc4c[nH]c5ccccc45)C(=O)N3C2)on1. The molecule has 0 saturated carbocycles.